The minimum atomic E-state index is -0.366. The molecule has 4 heteroatoms. The highest BCUT2D eigenvalue weighted by atomic mass is 16.3. The van der Waals surface area contributed by atoms with Crippen LogP contribution >= 0.6 is 0 Å². The Kier molecular flexibility index (Phi) is 4.40. The quantitative estimate of drug-likeness (QED) is 0.769. The van der Waals surface area contributed by atoms with E-state index in [-0.39, 0.29) is 12.0 Å². The third-order valence-electron chi connectivity index (χ3n) is 3.71. The Balaban J connectivity index is 1.64. The molecule has 2 aliphatic rings. The number of aliphatic hydroxyl groups excluding tert-OH is 1. The monoisotopic (exact) mass is 240 g/mol. The fraction of sp³-hybridized carbons (Fsp3) is 0.923. The molecule has 0 aromatic heterocycles. The van der Waals surface area contributed by atoms with Crippen molar-refractivity contribution in [2.24, 2.45) is 5.92 Å². The van der Waals surface area contributed by atoms with Crippen LogP contribution in [0.5, 0.6) is 0 Å². The predicted molar refractivity (Wildman–Crippen MR) is 66.7 cm³/mol. The number of carbonyl (C=O) groups is 1. The maximum absolute atomic E-state index is 11.8. The van der Waals surface area contributed by atoms with Crippen LogP contribution in [0.15, 0.2) is 0 Å². The maximum atomic E-state index is 11.8. The number of nitrogens with zero attached hydrogens (tertiary/aromatic N) is 2. The van der Waals surface area contributed by atoms with Gasteiger partial charge in [0, 0.05) is 39.1 Å². The van der Waals surface area contributed by atoms with Crippen LogP contribution in [0.1, 0.15) is 32.6 Å². The number of carbonyl (C=O) groups excluding carboxylic acids is 1. The molecular weight excluding hydrogens is 216 g/mol. The van der Waals surface area contributed by atoms with Crippen molar-refractivity contribution in [2.75, 3.05) is 32.7 Å². The van der Waals surface area contributed by atoms with E-state index in [9.17, 15) is 4.79 Å². The van der Waals surface area contributed by atoms with Crippen molar-refractivity contribution in [3.05, 3.63) is 0 Å². The van der Waals surface area contributed by atoms with Gasteiger partial charge < -0.3 is 10.0 Å². The molecule has 0 aromatic carbocycles. The molecule has 1 N–H and O–H groups in total. The van der Waals surface area contributed by atoms with Crippen molar-refractivity contribution in [1.29, 1.82) is 0 Å². The Morgan fingerprint density at radius 3 is 2.47 bits per heavy atom. The first-order chi connectivity index (χ1) is 8.15. The number of aliphatic hydroxyl groups is 1. The lowest BCUT2D eigenvalue weighted by atomic mass is 10.2. The zero-order valence-electron chi connectivity index (χ0n) is 10.8. The summed E-state index contributed by atoms with van der Waals surface area (Å²) in [7, 11) is 0. The Morgan fingerprint density at radius 2 is 1.94 bits per heavy atom. The molecule has 1 aliphatic carbocycles. The van der Waals surface area contributed by atoms with Gasteiger partial charge in [-0.25, -0.2) is 0 Å². The van der Waals surface area contributed by atoms with Crippen LogP contribution < -0.4 is 0 Å². The Hall–Kier alpha value is -0.610. The summed E-state index contributed by atoms with van der Waals surface area (Å²) in [4.78, 5) is 16.3. The van der Waals surface area contributed by atoms with Gasteiger partial charge in [-0.1, -0.05) is 0 Å². The second kappa shape index (κ2) is 5.83. The van der Waals surface area contributed by atoms with Crippen LogP contribution in [-0.4, -0.2) is 59.6 Å². The molecule has 0 bridgehead atoms. The van der Waals surface area contributed by atoms with Gasteiger partial charge in [-0.15, -0.1) is 0 Å². The van der Waals surface area contributed by atoms with Crippen molar-refractivity contribution in [1.82, 2.24) is 9.80 Å². The molecule has 0 spiro atoms. The topological polar surface area (TPSA) is 43.8 Å². The summed E-state index contributed by atoms with van der Waals surface area (Å²) in [5.41, 5.74) is 0. The van der Waals surface area contributed by atoms with Crippen LogP contribution in [0.3, 0.4) is 0 Å². The van der Waals surface area contributed by atoms with Gasteiger partial charge in [0.1, 0.15) is 0 Å². The second-order valence-electron chi connectivity index (χ2n) is 5.51. The van der Waals surface area contributed by atoms with Gasteiger partial charge in [0.05, 0.1) is 6.10 Å². The van der Waals surface area contributed by atoms with E-state index in [1.807, 2.05) is 4.90 Å². The summed E-state index contributed by atoms with van der Waals surface area (Å²) < 4.78 is 0. The highest BCUT2D eigenvalue weighted by Crippen LogP contribution is 2.29. The smallest absolute Gasteiger partial charge is 0.222 e. The molecule has 1 unspecified atom stereocenters. The van der Waals surface area contributed by atoms with Crippen LogP contribution in [-0.2, 0) is 4.79 Å². The standard InChI is InChI=1S/C13H24N2O2/c1-11(16)2-5-13(17)15-8-6-14(7-9-15)10-12-3-4-12/h11-12,16H,2-10H2,1H3. The van der Waals surface area contributed by atoms with Crippen LogP contribution in [0.25, 0.3) is 0 Å². The summed E-state index contributed by atoms with van der Waals surface area (Å²) in [6, 6.07) is 0. The largest absolute Gasteiger partial charge is 0.393 e. The number of piperazine rings is 1. The molecule has 17 heavy (non-hydrogen) atoms. The van der Waals surface area contributed by atoms with Crippen molar-refractivity contribution in [3.63, 3.8) is 0 Å². The van der Waals surface area contributed by atoms with E-state index in [1.54, 1.807) is 6.92 Å². The van der Waals surface area contributed by atoms with E-state index in [2.05, 4.69) is 4.90 Å². The van der Waals surface area contributed by atoms with Crippen LogP contribution in [0, 0.1) is 5.92 Å². The number of hydrogen-bond acceptors (Lipinski definition) is 3. The molecule has 2 rings (SSSR count). The van der Waals surface area contributed by atoms with Gasteiger partial charge in [0.25, 0.3) is 0 Å². The molecule has 1 saturated heterocycles. The number of hydrogen-bond donors (Lipinski definition) is 1. The Labute approximate surface area is 104 Å². The van der Waals surface area contributed by atoms with Gasteiger partial charge in [-0.05, 0) is 32.1 Å². The molecule has 1 saturated carbocycles. The van der Waals surface area contributed by atoms with E-state index in [0.717, 1.165) is 32.1 Å². The predicted octanol–water partition coefficient (Wildman–Crippen LogP) is 0.702. The van der Waals surface area contributed by atoms with E-state index < -0.39 is 0 Å². The molecule has 1 amide bonds. The normalized spacial score (nSPS) is 23.8. The molecule has 98 valence electrons. The molecule has 2 fully saturated rings. The lowest BCUT2D eigenvalue weighted by molar-refractivity contribution is -0.133. The van der Waals surface area contributed by atoms with Crippen LogP contribution in [0.2, 0.25) is 0 Å². The third kappa shape index (κ3) is 4.28. The molecule has 1 atom stereocenters. The van der Waals surface area contributed by atoms with Gasteiger partial charge >= 0.3 is 0 Å². The van der Waals surface area contributed by atoms with E-state index in [4.69, 9.17) is 5.11 Å². The molecule has 4 nitrogen and oxygen atoms in total. The van der Waals surface area contributed by atoms with Gasteiger partial charge in [-0.2, -0.15) is 0 Å². The number of amides is 1. The highest BCUT2D eigenvalue weighted by molar-refractivity contribution is 5.76. The summed E-state index contributed by atoms with van der Waals surface area (Å²) in [6.07, 6.45) is 3.50. The molecule has 1 aliphatic heterocycles. The minimum Gasteiger partial charge on any atom is -0.393 e. The summed E-state index contributed by atoms with van der Waals surface area (Å²) >= 11 is 0. The van der Waals surface area contributed by atoms with Gasteiger partial charge in [0.15, 0.2) is 0 Å². The molecule has 1 heterocycles. The Bertz CT molecular complexity index is 256. The second-order valence-corrected chi connectivity index (χ2v) is 5.51. The average Bonchev–Trinajstić information content (AvgIpc) is 3.11. The summed E-state index contributed by atoms with van der Waals surface area (Å²) in [5, 5.41) is 9.17. The lowest BCUT2D eigenvalue weighted by Crippen LogP contribution is -2.49. The zero-order chi connectivity index (χ0) is 12.3. The van der Waals surface area contributed by atoms with E-state index >= 15 is 0 Å². The molecule has 0 radical (unpaired) electrons. The van der Waals surface area contributed by atoms with E-state index in [1.165, 1.54) is 19.4 Å². The number of rotatable bonds is 5. The Morgan fingerprint density at radius 1 is 1.29 bits per heavy atom. The van der Waals surface area contributed by atoms with E-state index in [0.29, 0.717) is 12.8 Å². The SMILES string of the molecule is CC(O)CCC(=O)N1CCN(CC2CC2)CC1. The van der Waals surface area contributed by atoms with Crippen LogP contribution in [0.4, 0.5) is 0 Å². The summed E-state index contributed by atoms with van der Waals surface area (Å²) in [6.45, 7) is 6.75. The first-order valence-corrected chi connectivity index (χ1v) is 6.83. The first-order valence-electron chi connectivity index (χ1n) is 6.83. The lowest BCUT2D eigenvalue weighted by Gasteiger charge is -2.35. The zero-order valence-corrected chi connectivity index (χ0v) is 10.8. The van der Waals surface area contributed by atoms with Crippen molar-refractivity contribution < 1.29 is 9.90 Å². The highest BCUT2D eigenvalue weighted by Gasteiger charge is 2.27. The average molecular weight is 240 g/mol. The van der Waals surface area contributed by atoms with Gasteiger partial charge in [0.2, 0.25) is 5.91 Å². The maximum Gasteiger partial charge on any atom is 0.222 e. The summed E-state index contributed by atoms with van der Waals surface area (Å²) in [5.74, 6) is 1.14. The first kappa shape index (κ1) is 12.8. The molecular formula is C13H24N2O2. The fourth-order valence-corrected chi connectivity index (χ4v) is 2.34. The third-order valence-corrected chi connectivity index (χ3v) is 3.71. The minimum absolute atomic E-state index is 0.206. The van der Waals surface area contributed by atoms with Crippen molar-refractivity contribution >= 4 is 5.91 Å². The van der Waals surface area contributed by atoms with Gasteiger partial charge in [-0.3, -0.25) is 9.69 Å². The molecule has 0 aromatic rings. The van der Waals surface area contributed by atoms with Crippen molar-refractivity contribution in [2.45, 2.75) is 38.7 Å². The van der Waals surface area contributed by atoms with Crippen molar-refractivity contribution in [3.8, 4) is 0 Å². The fourth-order valence-electron chi connectivity index (χ4n) is 2.34.